The number of rotatable bonds is 5. The number of carbonyl (C=O) groups is 1. The first kappa shape index (κ1) is 20.3. The molecule has 1 amide bonds. The van der Waals surface area contributed by atoms with Crippen molar-refractivity contribution in [1.29, 1.82) is 0 Å². The minimum atomic E-state index is -1.17. The number of anilines is 1. The molecule has 3 aromatic rings. The Bertz CT molecular complexity index is 1040. The maximum atomic E-state index is 14.1. The van der Waals surface area contributed by atoms with Crippen molar-refractivity contribution in [3.63, 3.8) is 0 Å². The lowest BCUT2D eigenvalue weighted by atomic mass is 10.1. The third-order valence-electron chi connectivity index (χ3n) is 4.57. The Morgan fingerprint density at radius 2 is 2.07 bits per heavy atom. The largest absolute Gasteiger partial charge is 0.485 e. The molecular weight excluding hydrogens is 417 g/mol. The number of aromatic nitrogens is 2. The fourth-order valence-electron chi connectivity index (χ4n) is 3.05. The number of piperidine rings is 1. The van der Waals surface area contributed by atoms with Gasteiger partial charge in [-0.1, -0.05) is 6.07 Å². The topological polar surface area (TPSA) is 76.1 Å². The van der Waals surface area contributed by atoms with E-state index in [-0.39, 0.29) is 34.2 Å². The number of thiazole rings is 1. The van der Waals surface area contributed by atoms with Crippen molar-refractivity contribution in [2.45, 2.75) is 18.7 Å². The van der Waals surface area contributed by atoms with Crippen LogP contribution < -0.4 is 15.4 Å². The van der Waals surface area contributed by atoms with E-state index < -0.39 is 29.8 Å². The molecule has 4 rings (SSSR count). The molecule has 3 heterocycles. The smallest absolute Gasteiger partial charge is 0.275 e. The van der Waals surface area contributed by atoms with E-state index in [1.807, 2.05) is 0 Å². The third-order valence-corrected chi connectivity index (χ3v) is 5.43. The molecule has 1 fully saturated rings. The number of halogens is 3. The van der Waals surface area contributed by atoms with Crippen LogP contribution in [0.2, 0.25) is 0 Å². The molecule has 0 bridgehead atoms. The number of ether oxygens (including phenoxy) is 1. The molecule has 2 atom stereocenters. The summed E-state index contributed by atoms with van der Waals surface area (Å²) in [5, 5.41) is 7.01. The van der Waals surface area contributed by atoms with Crippen molar-refractivity contribution in [1.82, 2.24) is 15.3 Å². The Balaban J connectivity index is 1.52. The summed E-state index contributed by atoms with van der Waals surface area (Å²) in [7, 11) is 0. The minimum absolute atomic E-state index is 0.0160. The van der Waals surface area contributed by atoms with E-state index in [1.165, 1.54) is 29.9 Å². The fraction of sp³-hybridized carbons (Fsp3) is 0.250. The molecule has 6 nitrogen and oxygen atoms in total. The predicted molar refractivity (Wildman–Crippen MR) is 106 cm³/mol. The Morgan fingerprint density at radius 3 is 2.83 bits per heavy atom. The van der Waals surface area contributed by atoms with Crippen molar-refractivity contribution in [3.8, 4) is 16.3 Å². The van der Waals surface area contributed by atoms with Gasteiger partial charge in [-0.15, -0.1) is 11.3 Å². The second-order valence-electron chi connectivity index (χ2n) is 6.63. The number of hydrogen-bond acceptors (Lipinski definition) is 6. The van der Waals surface area contributed by atoms with Crippen LogP contribution in [-0.4, -0.2) is 41.2 Å². The van der Waals surface area contributed by atoms with Crippen LogP contribution in [0.5, 0.6) is 5.75 Å². The van der Waals surface area contributed by atoms with Gasteiger partial charge in [-0.3, -0.25) is 9.78 Å². The summed E-state index contributed by atoms with van der Waals surface area (Å²) in [6.45, 7) is 0.831. The Morgan fingerprint density at radius 1 is 1.27 bits per heavy atom. The SMILES string of the molecule is O=C(Nc1cnccc1OC1CCNC[C@@H]1F)c1csc(-c2c(F)cccc2F)n1. The average Bonchev–Trinajstić information content (AvgIpc) is 3.21. The van der Waals surface area contributed by atoms with Gasteiger partial charge in [-0.25, -0.2) is 18.2 Å². The first-order chi connectivity index (χ1) is 14.5. The summed E-state index contributed by atoms with van der Waals surface area (Å²) >= 11 is 0.947. The second kappa shape index (κ2) is 8.80. The van der Waals surface area contributed by atoms with Gasteiger partial charge < -0.3 is 15.4 Å². The number of carbonyl (C=O) groups excluding carboxylic acids is 1. The van der Waals surface area contributed by atoms with Gasteiger partial charge in [0.15, 0.2) is 0 Å². The normalized spacial score (nSPS) is 18.8. The van der Waals surface area contributed by atoms with Gasteiger partial charge in [-0.2, -0.15) is 0 Å². The summed E-state index contributed by atoms with van der Waals surface area (Å²) in [5.74, 6) is -1.85. The third kappa shape index (κ3) is 4.29. The summed E-state index contributed by atoms with van der Waals surface area (Å²) in [6, 6.07) is 5.03. The maximum Gasteiger partial charge on any atom is 0.275 e. The van der Waals surface area contributed by atoms with Crippen molar-refractivity contribution < 1.29 is 22.7 Å². The Kier molecular flexibility index (Phi) is 5.96. The van der Waals surface area contributed by atoms with Crippen molar-refractivity contribution >= 4 is 22.9 Å². The molecule has 2 aromatic heterocycles. The Labute approximate surface area is 174 Å². The van der Waals surface area contributed by atoms with E-state index in [0.29, 0.717) is 13.0 Å². The molecule has 0 spiro atoms. The molecule has 2 N–H and O–H groups in total. The summed E-state index contributed by atoms with van der Waals surface area (Å²) in [4.78, 5) is 20.6. The fourth-order valence-corrected chi connectivity index (χ4v) is 3.90. The van der Waals surface area contributed by atoms with Crippen LogP contribution in [0.4, 0.5) is 18.9 Å². The first-order valence-corrected chi connectivity index (χ1v) is 10.1. The van der Waals surface area contributed by atoms with E-state index in [1.54, 1.807) is 0 Å². The molecule has 30 heavy (non-hydrogen) atoms. The standard InChI is InChI=1S/C20H17F3N4O2S/c21-11-2-1-3-12(22)18(11)20-27-15(10-30-20)19(28)26-14-9-25-7-5-17(14)29-16-4-6-24-8-13(16)23/h1-3,5,7,9-10,13,16,24H,4,6,8H2,(H,26,28)/t13-,16?/m0/s1. The molecule has 0 radical (unpaired) electrons. The number of nitrogens with zero attached hydrogens (tertiary/aromatic N) is 2. The predicted octanol–water partition coefficient (Wildman–Crippen LogP) is 3.81. The van der Waals surface area contributed by atoms with Gasteiger partial charge in [0.1, 0.15) is 46.0 Å². The van der Waals surface area contributed by atoms with Crippen molar-refractivity contribution in [2.24, 2.45) is 0 Å². The second-order valence-corrected chi connectivity index (χ2v) is 7.48. The zero-order valence-corrected chi connectivity index (χ0v) is 16.4. The zero-order valence-electron chi connectivity index (χ0n) is 15.6. The van der Waals surface area contributed by atoms with E-state index in [9.17, 15) is 18.0 Å². The highest BCUT2D eigenvalue weighted by Gasteiger charge is 2.27. The molecule has 0 aliphatic carbocycles. The first-order valence-electron chi connectivity index (χ1n) is 9.19. The van der Waals surface area contributed by atoms with Gasteiger partial charge in [0.05, 0.1) is 11.8 Å². The van der Waals surface area contributed by atoms with E-state index in [2.05, 4.69) is 20.6 Å². The molecule has 10 heteroatoms. The van der Waals surface area contributed by atoms with Crippen molar-refractivity contribution in [3.05, 3.63) is 59.4 Å². The number of nitrogens with one attached hydrogen (secondary N) is 2. The van der Waals surface area contributed by atoms with Gasteiger partial charge in [0.2, 0.25) is 0 Å². The highest BCUT2D eigenvalue weighted by molar-refractivity contribution is 7.13. The highest BCUT2D eigenvalue weighted by Crippen LogP contribution is 2.30. The zero-order chi connectivity index (χ0) is 21.1. The van der Waals surface area contributed by atoms with Gasteiger partial charge >= 0.3 is 0 Å². The average molecular weight is 434 g/mol. The molecule has 156 valence electrons. The summed E-state index contributed by atoms with van der Waals surface area (Å²) in [5.41, 5.74) is -0.0515. The van der Waals surface area contributed by atoms with Crippen LogP contribution in [0, 0.1) is 11.6 Å². The number of amides is 1. The van der Waals surface area contributed by atoms with Gasteiger partial charge in [-0.05, 0) is 25.1 Å². The van der Waals surface area contributed by atoms with Crippen LogP contribution in [0.3, 0.4) is 0 Å². The number of pyridine rings is 1. The number of alkyl halides is 1. The number of benzene rings is 1. The monoisotopic (exact) mass is 434 g/mol. The highest BCUT2D eigenvalue weighted by atomic mass is 32.1. The maximum absolute atomic E-state index is 14.1. The number of hydrogen-bond donors (Lipinski definition) is 2. The van der Waals surface area contributed by atoms with Gasteiger partial charge in [0.25, 0.3) is 5.91 Å². The van der Waals surface area contributed by atoms with E-state index >= 15 is 0 Å². The van der Waals surface area contributed by atoms with Crippen LogP contribution in [0.1, 0.15) is 16.9 Å². The minimum Gasteiger partial charge on any atom is -0.485 e. The lowest BCUT2D eigenvalue weighted by Gasteiger charge is -2.28. The lowest BCUT2D eigenvalue weighted by Crippen LogP contribution is -2.44. The van der Waals surface area contributed by atoms with Crippen LogP contribution in [0.25, 0.3) is 10.6 Å². The van der Waals surface area contributed by atoms with Crippen molar-refractivity contribution in [2.75, 3.05) is 18.4 Å². The molecule has 1 aromatic carbocycles. The van der Waals surface area contributed by atoms with Gasteiger partial charge in [0, 0.05) is 24.2 Å². The molecule has 1 unspecified atom stereocenters. The molecule has 1 saturated heterocycles. The van der Waals surface area contributed by atoms with E-state index in [0.717, 1.165) is 23.5 Å². The van der Waals surface area contributed by atoms with Crippen LogP contribution >= 0.6 is 11.3 Å². The van der Waals surface area contributed by atoms with Crippen LogP contribution in [-0.2, 0) is 0 Å². The van der Waals surface area contributed by atoms with Crippen LogP contribution in [0.15, 0.2) is 42.0 Å². The quantitative estimate of drug-likeness (QED) is 0.639. The molecule has 1 aliphatic heterocycles. The molecule has 1 aliphatic rings. The molecule has 0 saturated carbocycles. The molecular formula is C20H17F3N4O2S. The summed E-state index contributed by atoms with van der Waals surface area (Å²) < 4.78 is 47.7. The Hall–Kier alpha value is -2.98. The van der Waals surface area contributed by atoms with E-state index in [4.69, 9.17) is 4.74 Å². The lowest BCUT2D eigenvalue weighted by molar-refractivity contribution is 0.0735. The summed E-state index contributed by atoms with van der Waals surface area (Å²) in [6.07, 6.45) is 1.53.